The molecule has 1 rings (SSSR count). The summed E-state index contributed by atoms with van der Waals surface area (Å²) in [4.78, 5) is 7.63. The maximum Gasteiger partial charge on any atom is 0.224 e. The molecule has 0 aliphatic heterocycles. The third kappa shape index (κ3) is 2.97. The van der Waals surface area contributed by atoms with Gasteiger partial charge in [-0.05, 0) is 18.0 Å². The lowest BCUT2D eigenvalue weighted by atomic mass is 10.2. The van der Waals surface area contributed by atoms with E-state index in [1.165, 1.54) is 6.20 Å². The van der Waals surface area contributed by atoms with Gasteiger partial charge in [0.1, 0.15) is 10.8 Å². The smallest absolute Gasteiger partial charge is 0.224 e. The zero-order chi connectivity index (χ0) is 10.6. The van der Waals surface area contributed by atoms with Gasteiger partial charge in [0.05, 0.1) is 18.8 Å². The number of aromatic nitrogens is 2. The van der Waals surface area contributed by atoms with Crippen LogP contribution in [-0.4, -0.2) is 27.7 Å². The van der Waals surface area contributed by atoms with Crippen LogP contribution in [-0.2, 0) is 0 Å². The molecule has 78 valence electrons. The predicted octanol–water partition coefficient (Wildman–Crippen LogP) is 1.97. The Balaban J connectivity index is 2.79. The van der Waals surface area contributed by atoms with E-state index in [9.17, 15) is 0 Å². The van der Waals surface area contributed by atoms with Crippen molar-refractivity contribution in [3.8, 4) is 0 Å². The van der Waals surface area contributed by atoms with Gasteiger partial charge in [-0.3, -0.25) is 0 Å². The highest BCUT2D eigenvalue weighted by Crippen LogP contribution is 2.20. The first-order valence-electron chi connectivity index (χ1n) is 4.22. The topological polar surface area (TPSA) is 58.0 Å². The highest BCUT2D eigenvalue weighted by molar-refractivity contribution is 6.33. The molecule has 0 aromatic carbocycles. The van der Waals surface area contributed by atoms with E-state index < -0.39 is 0 Å². The molecule has 14 heavy (non-hydrogen) atoms. The minimum Gasteiger partial charge on any atom is -0.394 e. The minimum absolute atomic E-state index is 0.0223. The lowest BCUT2D eigenvalue weighted by Gasteiger charge is -2.15. The van der Waals surface area contributed by atoms with Crippen molar-refractivity contribution in [2.75, 3.05) is 11.9 Å². The van der Waals surface area contributed by atoms with Crippen LogP contribution in [0.15, 0.2) is 6.20 Å². The Morgan fingerprint density at radius 1 is 1.57 bits per heavy atom. The summed E-state index contributed by atoms with van der Waals surface area (Å²) >= 11 is 11.4. The number of halogens is 2. The molecular weight excluding hydrogens is 225 g/mol. The number of rotatable bonds is 4. The van der Waals surface area contributed by atoms with Crippen LogP contribution in [0.25, 0.3) is 0 Å². The van der Waals surface area contributed by atoms with Crippen LogP contribution in [0, 0.1) is 0 Å². The van der Waals surface area contributed by atoms with Crippen LogP contribution < -0.4 is 5.32 Å². The third-order valence-corrected chi connectivity index (χ3v) is 2.23. The molecule has 1 aromatic rings. The van der Waals surface area contributed by atoms with Crippen LogP contribution in [0.3, 0.4) is 0 Å². The van der Waals surface area contributed by atoms with E-state index in [0.717, 1.165) is 6.42 Å². The number of nitrogens with one attached hydrogen (secondary N) is 1. The number of hydrogen-bond acceptors (Lipinski definition) is 4. The number of aliphatic hydroxyl groups is 1. The summed E-state index contributed by atoms with van der Waals surface area (Å²) in [7, 11) is 0. The van der Waals surface area contributed by atoms with Gasteiger partial charge in [0.25, 0.3) is 0 Å². The van der Waals surface area contributed by atoms with Gasteiger partial charge >= 0.3 is 0 Å². The normalized spacial score (nSPS) is 12.6. The van der Waals surface area contributed by atoms with Crippen LogP contribution in [0.5, 0.6) is 0 Å². The molecule has 0 bridgehead atoms. The minimum atomic E-state index is -0.0709. The second-order valence-corrected chi connectivity index (χ2v) is 3.51. The van der Waals surface area contributed by atoms with E-state index >= 15 is 0 Å². The summed E-state index contributed by atoms with van der Waals surface area (Å²) in [5.41, 5.74) is 0. The molecule has 1 aromatic heterocycles. The first-order chi connectivity index (χ1) is 6.67. The van der Waals surface area contributed by atoms with Gasteiger partial charge in [-0.25, -0.2) is 4.98 Å². The Hall–Kier alpha value is -0.580. The molecular formula is C8H11Cl2N3O. The van der Waals surface area contributed by atoms with Crippen molar-refractivity contribution < 1.29 is 5.11 Å². The van der Waals surface area contributed by atoms with Crippen molar-refractivity contribution in [3.05, 3.63) is 16.5 Å². The fourth-order valence-electron chi connectivity index (χ4n) is 0.917. The van der Waals surface area contributed by atoms with Crippen LogP contribution in [0.2, 0.25) is 10.3 Å². The molecule has 1 atom stereocenters. The second kappa shape index (κ2) is 5.34. The maximum atomic E-state index is 8.97. The molecule has 4 nitrogen and oxygen atoms in total. The maximum absolute atomic E-state index is 8.97. The molecule has 0 saturated heterocycles. The zero-order valence-corrected chi connectivity index (χ0v) is 9.18. The third-order valence-electron chi connectivity index (χ3n) is 1.77. The Labute approximate surface area is 92.3 Å². The molecule has 1 unspecified atom stereocenters. The Kier molecular flexibility index (Phi) is 4.38. The Morgan fingerprint density at radius 3 is 2.86 bits per heavy atom. The summed E-state index contributed by atoms with van der Waals surface area (Å²) in [6.45, 7) is 1.97. The molecule has 1 heterocycles. The van der Waals surface area contributed by atoms with Crippen LogP contribution >= 0.6 is 23.2 Å². The van der Waals surface area contributed by atoms with Crippen LogP contribution in [0.1, 0.15) is 13.3 Å². The molecule has 2 N–H and O–H groups in total. The van der Waals surface area contributed by atoms with Gasteiger partial charge in [-0.15, -0.1) is 0 Å². The van der Waals surface area contributed by atoms with E-state index in [2.05, 4.69) is 15.3 Å². The van der Waals surface area contributed by atoms with E-state index in [-0.39, 0.29) is 17.9 Å². The Morgan fingerprint density at radius 2 is 2.29 bits per heavy atom. The molecule has 0 amide bonds. The van der Waals surface area contributed by atoms with Crippen molar-refractivity contribution in [3.63, 3.8) is 0 Å². The number of aliphatic hydroxyl groups excluding tert-OH is 1. The molecule has 0 spiro atoms. The van der Waals surface area contributed by atoms with Gasteiger partial charge < -0.3 is 10.4 Å². The van der Waals surface area contributed by atoms with Crippen LogP contribution in [0.4, 0.5) is 5.82 Å². The summed E-state index contributed by atoms with van der Waals surface area (Å²) in [5.74, 6) is 0.451. The first kappa shape index (κ1) is 11.5. The zero-order valence-electron chi connectivity index (χ0n) is 7.67. The molecule has 0 fully saturated rings. The molecule has 0 aliphatic rings. The lowest BCUT2D eigenvalue weighted by Crippen LogP contribution is -2.23. The van der Waals surface area contributed by atoms with E-state index in [1.54, 1.807) is 0 Å². The van der Waals surface area contributed by atoms with Gasteiger partial charge in [0.2, 0.25) is 5.28 Å². The standard InChI is InChI=1S/C8H11Cl2N3O/c1-2-5(4-14)12-7-6(9)3-11-8(10)13-7/h3,5,14H,2,4H2,1H3,(H,11,12,13). The predicted molar refractivity (Wildman–Crippen MR) is 56.8 cm³/mol. The van der Waals surface area contributed by atoms with Crippen molar-refractivity contribution >= 4 is 29.0 Å². The van der Waals surface area contributed by atoms with E-state index in [1.807, 2.05) is 6.92 Å². The summed E-state index contributed by atoms with van der Waals surface area (Å²) in [6.07, 6.45) is 2.19. The van der Waals surface area contributed by atoms with Gasteiger partial charge in [-0.1, -0.05) is 18.5 Å². The summed E-state index contributed by atoms with van der Waals surface area (Å²) in [5, 5.41) is 12.5. The molecule has 0 aliphatic carbocycles. The highest BCUT2D eigenvalue weighted by atomic mass is 35.5. The highest BCUT2D eigenvalue weighted by Gasteiger charge is 2.09. The fourth-order valence-corrected chi connectivity index (χ4v) is 1.20. The average molecular weight is 236 g/mol. The fraction of sp³-hybridized carbons (Fsp3) is 0.500. The summed E-state index contributed by atoms with van der Waals surface area (Å²) < 4.78 is 0. The van der Waals surface area contributed by atoms with Gasteiger partial charge in [-0.2, -0.15) is 4.98 Å². The number of nitrogens with zero attached hydrogens (tertiary/aromatic N) is 2. The van der Waals surface area contributed by atoms with Crippen molar-refractivity contribution in [1.82, 2.24) is 9.97 Å². The van der Waals surface area contributed by atoms with E-state index in [4.69, 9.17) is 28.3 Å². The van der Waals surface area contributed by atoms with Gasteiger partial charge in [0.15, 0.2) is 0 Å². The number of anilines is 1. The summed E-state index contributed by atoms with van der Waals surface area (Å²) in [6, 6.07) is -0.0709. The SMILES string of the molecule is CCC(CO)Nc1nc(Cl)ncc1Cl. The molecule has 0 radical (unpaired) electrons. The quantitative estimate of drug-likeness (QED) is 0.784. The van der Waals surface area contributed by atoms with Crippen molar-refractivity contribution in [2.45, 2.75) is 19.4 Å². The van der Waals surface area contributed by atoms with Gasteiger partial charge in [0, 0.05) is 0 Å². The monoisotopic (exact) mass is 235 g/mol. The largest absolute Gasteiger partial charge is 0.394 e. The first-order valence-corrected chi connectivity index (χ1v) is 4.98. The number of hydrogen-bond donors (Lipinski definition) is 2. The molecule has 0 saturated carbocycles. The van der Waals surface area contributed by atoms with E-state index in [0.29, 0.717) is 10.8 Å². The Bertz CT molecular complexity index is 305. The second-order valence-electron chi connectivity index (χ2n) is 2.77. The average Bonchev–Trinajstić information content (AvgIpc) is 2.19. The lowest BCUT2D eigenvalue weighted by molar-refractivity contribution is 0.271. The molecule has 6 heteroatoms. The van der Waals surface area contributed by atoms with Crippen molar-refractivity contribution in [1.29, 1.82) is 0 Å². The van der Waals surface area contributed by atoms with Crippen molar-refractivity contribution in [2.24, 2.45) is 0 Å².